The van der Waals surface area contributed by atoms with Crippen LogP contribution in [0.15, 0.2) is 0 Å². The van der Waals surface area contributed by atoms with Gasteiger partial charge in [0, 0.05) is 0 Å². The molecule has 4 rings (SSSR count). The Kier molecular flexibility index (Phi) is 7.78. The number of hydrogen-bond donors (Lipinski definition) is 2. The topological polar surface area (TPSA) is 40.5 Å². The maximum absolute atomic E-state index is 12.6. The molecule has 0 aromatic rings. The average molecular weight is 447 g/mol. The van der Waals surface area contributed by atoms with Crippen LogP contribution in [0, 0.1) is 40.4 Å². The maximum atomic E-state index is 12.6. The summed E-state index contributed by atoms with van der Waals surface area (Å²) in [5, 5.41) is 19.5. The quantitative estimate of drug-likeness (QED) is 0.482. The van der Waals surface area contributed by atoms with Crippen LogP contribution in [-0.4, -0.2) is 28.6 Å². The summed E-state index contributed by atoms with van der Waals surface area (Å²) in [6, 6.07) is 0. The molecule has 4 saturated carbocycles. The van der Waals surface area contributed by atoms with Crippen molar-refractivity contribution in [3.63, 3.8) is 0 Å². The smallest absolute Gasteiger partial charge is 0.393 e. The monoisotopic (exact) mass is 446 g/mol. The number of alkyl halides is 3. The average Bonchev–Trinajstić information content (AvgIpc) is 3.06. The fourth-order valence-corrected chi connectivity index (χ4v) is 8.54. The Labute approximate surface area is 187 Å². The van der Waals surface area contributed by atoms with Gasteiger partial charge in [0.1, 0.15) is 6.10 Å². The lowest BCUT2D eigenvalue weighted by atomic mass is 9.44. The van der Waals surface area contributed by atoms with Crippen LogP contribution in [0.25, 0.3) is 0 Å². The number of hydrogen-bond acceptors (Lipinski definition) is 2. The van der Waals surface area contributed by atoms with Crippen LogP contribution in [0.2, 0.25) is 0 Å². The molecule has 4 aliphatic rings. The van der Waals surface area contributed by atoms with E-state index in [1.54, 1.807) is 0 Å². The van der Waals surface area contributed by atoms with Crippen LogP contribution in [0.5, 0.6) is 0 Å². The van der Waals surface area contributed by atoms with E-state index in [0.29, 0.717) is 29.6 Å². The van der Waals surface area contributed by atoms with E-state index in [9.17, 15) is 23.4 Å². The first kappa shape index (κ1) is 25.3. The van der Waals surface area contributed by atoms with E-state index in [1.807, 2.05) is 13.8 Å². The molecule has 5 heteroatoms. The Morgan fingerprint density at radius 1 is 0.903 bits per heavy atom. The number of halogens is 3. The van der Waals surface area contributed by atoms with Crippen LogP contribution in [0.4, 0.5) is 13.2 Å². The standard InChI is InChI=1S/C24H39F3O2.C2H6/c1-22-13-11-20-18(8-6-16-14-17(28)10-12-23(16,20)2)19(22)9-7-15(22)4-3-5-21(29)24(25,26)27;1-2/h15-21,28-29H,3-14H2,1-2H3;1-2H3. The Balaban J connectivity index is 0.00000132. The van der Waals surface area contributed by atoms with E-state index in [1.165, 1.54) is 32.1 Å². The van der Waals surface area contributed by atoms with Crippen LogP contribution in [0.1, 0.15) is 105 Å². The van der Waals surface area contributed by atoms with Crippen LogP contribution >= 0.6 is 0 Å². The zero-order valence-corrected chi connectivity index (χ0v) is 20.1. The van der Waals surface area contributed by atoms with E-state index in [0.717, 1.165) is 43.9 Å². The SMILES string of the molecule is CC.CC12CCC3C(CCC4CC(O)CCC43C)C1CCC2CCCC(O)C(F)(F)F. The van der Waals surface area contributed by atoms with Gasteiger partial charge < -0.3 is 10.2 Å². The van der Waals surface area contributed by atoms with Gasteiger partial charge in [-0.3, -0.25) is 0 Å². The van der Waals surface area contributed by atoms with Crippen molar-refractivity contribution in [1.82, 2.24) is 0 Å². The highest BCUT2D eigenvalue weighted by Crippen LogP contribution is 2.67. The highest BCUT2D eigenvalue weighted by atomic mass is 19.4. The number of fused-ring (bicyclic) bond motifs is 5. The number of aliphatic hydroxyl groups excluding tert-OH is 2. The van der Waals surface area contributed by atoms with Gasteiger partial charge in [-0.1, -0.05) is 34.1 Å². The third-order valence-electron chi connectivity index (χ3n) is 10.2. The molecule has 4 aliphatic carbocycles. The molecular formula is C26H45F3O2. The fourth-order valence-electron chi connectivity index (χ4n) is 8.54. The molecule has 9 unspecified atom stereocenters. The lowest BCUT2D eigenvalue weighted by Gasteiger charge is -2.61. The second-order valence-corrected chi connectivity index (χ2v) is 11.4. The largest absolute Gasteiger partial charge is 0.414 e. The lowest BCUT2D eigenvalue weighted by molar-refractivity contribution is -0.205. The predicted octanol–water partition coefficient (Wildman–Crippen LogP) is 7.13. The Morgan fingerprint density at radius 2 is 1.55 bits per heavy atom. The third-order valence-corrected chi connectivity index (χ3v) is 10.2. The van der Waals surface area contributed by atoms with Crippen LogP contribution < -0.4 is 0 Å². The minimum Gasteiger partial charge on any atom is -0.393 e. The van der Waals surface area contributed by atoms with E-state index in [2.05, 4.69) is 13.8 Å². The molecule has 0 heterocycles. The maximum Gasteiger partial charge on any atom is 0.414 e. The second kappa shape index (κ2) is 9.52. The van der Waals surface area contributed by atoms with Crippen molar-refractivity contribution in [1.29, 1.82) is 0 Å². The van der Waals surface area contributed by atoms with E-state index < -0.39 is 12.3 Å². The summed E-state index contributed by atoms with van der Waals surface area (Å²) < 4.78 is 37.8. The zero-order chi connectivity index (χ0) is 23.0. The summed E-state index contributed by atoms with van der Waals surface area (Å²) in [4.78, 5) is 0. The highest BCUT2D eigenvalue weighted by Gasteiger charge is 2.59. The molecule has 2 N–H and O–H groups in total. The van der Waals surface area contributed by atoms with Gasteiger partial charge in [0.2, 0.25) is 0 Å². The Bertz CT molecular complexity index is 594. The van der Waals surface area contributed by atoms with Crippen molar-refractivity contribution in [3.8, 4) is 0 Å². The van der Waals surface area contributed by atoms with Gasteiger partial charge in [-0.2, -0.15) is 13.2 Å². The molecule has 0 bridgehead atoms. The Hall–Kier alpha value is -0.290. The molecule has 31 heavy (non-hydrogen) atoms. The molecule has 182 valence electrons. The van der Waals surface area contributed by atoms with E-state index >= 15 is 0 Å². The lowest BCUT2D eigenvalue weighted by Crippen LogP contribution is -2.53. The van der Waals surface area contributed by atoms with Gasteiger partial charge in [-0.25, -0.2) is 0 Å². The van der Waals surface area contributed by atoms with Gasteiger partial charge in [-0.05, 0) is 111 Å². The minimum absolute atomic E-state index is 0.110. The van der Waals surface area contributed by atoms with Crippen molar-refractivity contribution in [2.24, 2.45) is 40.4 Å². The van der Waals surface area contributed by atoms with Crippen molar-refractivity contribution in [2.75, 3.05) is 0 Å². The zero-order valence-electron chi connectivity index (χ0n) is 20.1. The minimum atomic E-state index is -4.48. The van der Waals surface area contributed by atoms with Gasteiger partial charge in [0.15, 0.2) is 0 Å². The van der Waals surface area contributed by atoms with Gasteiger partial charge in [0.05, 0.1) is 6.10 Å². The first-order chi connectivity index (χ1) is 14.6. The normalized spacial score (nSPS) is 45.6. The van der Waals surface area contributed by atoms with Crippen molar-refractivity contribution in [2.45, 2.75) is 123 Å². The fraction of sp³-hybridized carbons (Fsp3) is 1.00. The van der Waals surface area contributed by atoms with Crippen LogP contribution in [-0.2, 0) is 0 Å². The molecule has 0 radical (unpaired) electrons. The predicted molar refractivity (Wildman–Crippen MR) is 118 cm³/mol. The van der Waals surface area contributed by atoms with Crippen LogP contribution in [0.3, 0.4) is 0 Å². The molecule has 0 aromatic heterocycles. The highest BCUT2D eigenvalue weighted by molar-refractivity contribution is 5.09. The number of aliphatic hydroxyl groups is 2. The molecule has 2 nitrogen and oxygen atoms in total. The summed E-state index contributed by atoms with van der Waals surface area (Å²) in [7, 11) is 0. The van der Waals surface area contributed by atoms with Crippen molar-refractivity contribution < 1.29 is 23.4 Å². The molecule has 0 saturated heterocycles. The first-order valence-electron chi connectivity index (χ1n) is 13.0. The molecule has 0 aromatic carbocycles. The number of rotatable bonds is 4. The second-order valence-electron chi connectivity index (χ2n) is 11.4. The van der Waals surface area contributed by atoms with E-state index in [4.69, 9.17) is 0 Å². The van der Waals surface area contributed by atoms with Gasteiger partial charge in [0.25, 0.3) is 0 Å². The molecule has 0 spiro atoms. The van der Waals surface area contributed by atoms with Crippen molar-refractivity contribution in [3.05, 3.63) is 0 Å². The summed E-state index contributed by atoms with van der Waals surface area (Å²) >= 11 is 0. The Morgan fingerprint density at radius 3 is 2.23 bits per heavy atom. The van der Waals surface area contributed by atoms with E-state index in [-0.39, 0.29) is 17.9 Å². The summed E-state index contributed by atoms with van der Waals surface area (Å²) in [6.45, 7) is 8.92. The molecule has 9 atom stereocenters. The molecule has 4 fully saturated rings. The van der Waals surface area contributed by atoms with Crippen molar-refractivity contribution >= 4 is 0 Å². The van der Waals surface area contributed by atoms with Gasteiger partial charge in [-0.15, -0.1) is 0 Å². The van der Waals surface area contributed by atoms with Gasteiger partial charge >= 0.3 is 6.18 Å². The first-order valence-corrected chi connectivity index (χ1v) is 13.0. The molecular weight excluding hydrogens is 401 g/mol. The summed E-state index contributed by atoms with van der Waals surface area (Å²) in [5.41, 5.74) is 0.639. The summed E-state index contributed by atoms with van der Waals surface area (Å²) in [6.07, 6.45) is 4.80. The third kappa shape index (κ3) is 4.69. The summed E-state index contributed by atoms with van der Waals surface area (Å²) in [5.74, 6) is 3.41. The molecule has 0 aliphatic heterocycles. The molecule has 0 amide bonds.